The lowest BCUT2D eigenvalue weighted by Crippen LogP contribution is -2.22. The van der Waals surface area contributed by atoms with E-state index in [0.29, 0.717) is 10.9 Å². The van der Waals surface area contributed by atoms with Gasteiger partial charge in [0.05, 0.1) is 0 Å². The lowest BCUT2D eigenvalue weighted by atomic mass is 9.92. The molecule has 0 saturated heterocycles. The van der Waals surface area contributed by atoms with Gasteiger partial charge in [0, 0.05) is 22.0 Å². The fraction of sp³-hybridized carbons (Fsp3) is 0.294. The number of benzene rings is 2. The van der Waals surface area contributed by atoms with Crippen molar-refractivity contribution in [1.29, 1.82) is 0 Å². The minimum Gasteiger partial charge on any atom is -0.316 e. The van der Waals surface area contributed by atoms with Crippen LogP contribution in [0.5, 0.6) is 0 Å². The normalized spacial score (nSPS) is 12.4. The number of hydrogen-bond acceptors (Lipinski definition) is 1. The lowest BCUT2D eigenvalue weighted by Gasteiger charge is -2.19. The molecular weight excluding hydrogens is 353 g/mol. The zero-order valence-corrected chi connectivity index (χ0v) is 14.2. The third-order valence-corrected chi connectivity index (χ3v) is 4.29. The molecule has 1 N–H and O–H groups in total. The van der Waals surface area contributed by atoms with Crippen LogP contribution in [0.2, 0.25) is 5.02 Å². The Hall–Kier alpha value is -0.900. The molecule has 0 amide bonds. The predicted molar refractivity (Wildman–Crippen MR) is 90.5 cm³/mol. The van der Waals surface area contributed by atoms with Crippen LogP contribution in [0.3, 0.4) is 0 Å². The smallest absolute Gasteiger partial charge is 0.124 e. The molecule has 0 aromatic heterocycles. The molecule has 2 aromatic rings. The molecule has 2 aromatic carbocycles. The third-order valence-electron chi connectivity index (χ3n) is 3.44. The maximum absolute atomic E-state index is 13.2. The van der Waals surface area contributed by atoms with E-state index in [2.05, 4.69) is 40.3 Å². The van der Waals surface area contributed by atoms with Crippen LogP contribution in [0.4, 0.5) is 4.39 Å². The Morgan fingerprint density at radius 1 is 1.24 bits per heavy atom. The van der Waals surface area contributed by atoms with Gasteiger partial charge in [-0.15, -0.1) is 0 Å². The molecular formula is C17H18BrClFN. The lowest BCUT2D eigenvalue weighted by molar-refractivity contribution is 0.592. The van der Waals surface area contributed by atoms with Crippen molar-refractivity contribution in [2.45, 2.75) is 19.3 Å². The van der Waals surface area contributed by atoms with Crippen LogP contribution >= 0.6 is 27.5 Å². The number of halogens is 3. The van der Waals surface area contributed by atoms with Crippen molar-refractivity contribution < 1.29 is 4.39 Å². The molecule has 112 valence electrons. The average Bonchev–Trinajstić information content (AvgIpc) is 2.45. The first kappa shape index (κ1) is 16.5. The van der Waals surface area contributed by atoms with Crippen LogP contribution in [0.25, 0.3) is 0 Å². The second kappa shape index (κ2) is 7.92. The van der Waals surface area contributed by atoms with Gasteiger partial charge in [-0.1, -0.05) is 52.7 Å². The van der Waals surface area contributed by atoms with Gasteiger partial charge in [0.25, 0.3) is 0 Å². The van der Waals surface area contributed by atoms with E-state index in [1.54, 1.807) is 6.07 Å². The van der Waals surface area contributed by atoms with Gasteiger partial charge in [0.2, 0.25) is 0 Å². The second-order valence-corrected chi connectivity index (χ2v) is 6.32. The molecule has 0 fully saturated rings. The highest BCUT2D eigenvalue weighted by Gasteiger charge is 2.14. The number of hydrogen-bond donors (Lipinski definition) is 1. The summed E-state index contributed by atoms with van der Waals surface area (Å²) < 4.78 is 14.2. The SMILES string of the molecule is CCNCC(Cc1ccc(F)cc1Cl)c1cccc(Br)c1. The fourth-order valence-corrected chi connectivity index (χ4v) is 3.00. The Balaban J connectivity index is 2.23. The first-order chi connectivity index (χ1) is 10.1. The number of nitrogens with one attached hydrogen (secondary N) is 1. The highest BCUT2D eigenvalue weighted by Crippen LogP contribution is 2.27. The van der Waals surface area contributed by atoms with Crippen molar-refractivity contribution in [2.24, 2.45) is 0 Å². The van der Waals surface area contributed by atoms with Gasteiger partial charge in [-0.2, -0.15) is 0 Å². The summed E-state index contributed by atoms with van der Waals surface area (Å²) in [5.41, 5.74) is 2.21. The van der Waals surface area contributed by atoms with Gasteiger partial charge in [-0.3, -0.25) is 0 Å². The minimum atomic E-state index is -0.297. The molecule has 2 rings (SSSR count). The molecule has 21 heavy (non-hydrogen) atoms. The van der Waals surface area contributed by atoms with Gasteiger partial charge in [0.1, 0.15) is 5.82 Å². The summed E-state index contributed by atoms with van der Waals surface area (Å²) in [6.07, 6.45) is 0.780. The van der Waals surface area contributed by atoms with Gasteiger partial charge in [0.15, 0.2) is 0 Å². The van der Waals surface area contributed by atoms with Crippen LogP contribution in [0.1, 0.15) is 24.0 Å². The molecule has 1 nitrogen and oxygen atoms in total. The highest BCUT2D eigenvalue weighted by atomic mass is 79.9. The maximum Gasteiger partial charge on any atom is 0.124 e. The summed E-state index contributed by atoms with van der Waals surface area (Å²) in [6, 6.07) is 12.9. The largest absolute Gasteiger partial charge is 0.316 e. The average molecular weight is 371 g/mol. The summed E-state index contributed by atoms with van der Waals surface area (Å²) in [5.74, 6) is -0.000139. The second-order valence-electron chi connectivity index (χ2n) is 5.00. The Kier molecular flexibility index (Phi) is 6.22. The van der Waals surface area contributed by atoms with Crippen molar-refractivity contribution in [3.05, 3.63) is 68.9 Å². The topological polar surface area (TPSA) is 12.0 Å². The summed E-state index contributed by atoms with van der Waals surface area (Å²) in [4.78, 5) is 0. The molecule has 0 spiro atoms. The van der Waals surface area contributed by atoms with Crippen molar-refractivity contribution in [3.8, 4) is 0 Å². The monoisotopic (exact) mass is 369 g/mol. The van der Waals surface area contributed by atoms with Crippen LogP contribution in [0, 0.1) is 5.82 Å². The molecule has 0 heterocycles. The highest BCUT2D eigenvalue weighted by molar-refractivity contribution is 9.10. The van der Waals surface area contributed by atoms with E-state index < -0.39 is 0 Å². The summed E-state index contributed by atoms with van der Waals surface area (Å²) in [7, 11) is 0. The first-order valence-corrected chi connectivity index (χ1v) is 8.17. The molecule has 0 saturated carbocycles. The van der Waals surface area contributed by atoms with Gasteiger partial charge in [-0.25, -0.2) is 4.39 Å². The Bertz CT molecular complexity index is 603. The van der Waals surface area contributed by atoms with E-state index in [0.717, 1.165) is 29.5 Å². The Labute approximate surface area is 138 Å². The van der Waals surface area contributed by atoms with E-state index in [4.69, 9.17) is 11.6 Å². The first-order valence-electron chi connectivity index (χ1n) is 7.00. The molecule has 0 aliphatic heterocycles. The van der Waals surface area contributed by atoms with Crippen molar-refractivity contribution in [3.63, 3.8) is 0 Å². The van der Waals surface area contributed by atoms with E-state index >= 15 is 0 Å². The molecule has 0 bridgehead atoms. The molecule has 0 aliphatic carbocycles. The molecule has 0 radical (unpaired) electrons. The zero-order valence-electron chi connectivity index (χ0n) is 11.9. The Morgan fingerprint density at radius 3 is 2.71 bits per heavy atom. The third kappa shape index (κ3) is 4.80. The molecule has 0 aliphatic rings. The summed E-state index contributed by atoms with van der Waals surface area (Å²) in [5, 5.41) is 3.88. The van der Waals surface area contributed by atoms with Crippen molar-refractivity contribution in [2.75, 3.05) is 13.1 Å². The van der Waals surface area contributed by atoms with E-state index in [-0.39, 0.29) is 5.82 Å². The number of rotatable bonds is 6. The van der Waals surface area contributed by atoms with E-state index in [1.165, 1.54) is 17.7 Å². The van der Waals surface area contributed by atoms with Gasteiger partial charge >= 0.3 is 0 Å². The van der Waals surface area contributed by atoms with Crippen LogP contribution in [0.15, 0.2) is 46.9 Å². The van der Waals surface area contributed by atoms with Gasteiger partial charge in [-0.05, 0) is 48.4 Å². The fourth-order valence-electron chi connectivity index (χ4n) is 2.34. The maximum atomic E-state index is 13.2. The van der Waals surface area contributed by atoms with Crippen LogP contribution in [-0.4, -0.2) is 13.1 Å². The summed E-state index contributed by atoms with van der Waals surface area (Å²) in [6.45, 7) is 3.87. The number of likely N-dealkylation sites (N-methyl/N-ethyl adjacent to an activating group) is 1. The van der Waals surface area contributed by atoms with E-state index in [1.807, 2.05) is 12.1 Å². The molecule has 1 atom stereocenters. The Morgan fingerprint density at radius 2 is 2.05 bits per heavy atom. The van der Waals surface area contributed by atoms with Crippen LogP contribution < -0.4 is 5.32 Å². The van der Waals surface area contributed by atoms with Crippen molar-refractivity contribution in [1.82, 2.24) is 5.32 Å². The molecule has 1 unspecified atom stereocenters. The minimum absolute atomic E-state index is 0.297. The van der Waals surface area contributed by atoms with E-state index in [9.17, 15) is 4.39 Å². The van der Waals surface area contributed by atoms with Gasteiger partial charge < -0.3 is 5.32 Å². The molecule has 4 heteroatoms. The predicted octanol–water partition coefficient (Wildman–Crippen LogP) is 5.18. The standard InChI is InChI=1S/C17H18BrClFN/c1-2-21-11-14(12-4-3-5-15(18)9-12)8-13-6-7-16(20)10-17(13)19/h3-7,9-10,14,21H,2,8,11H2,1H3. The van der Waals surface area contributed by atoms with Crippen molar-refractivity contribution >= 4 is 27.5 Å². The quantitative estimate of drug-likeness (QED) is 0.739. The van der Waals surface area contributed by atoms with Crippen LogP contribution in [-0.2, 0) is 6.42 Å². The zero-order chi connectivity index (χ0) is 15.2. The summed E-state index contributed by atoms with van der Waals surface area (Å²) >= 11 is 9.67.